The molecule has 0 bridgehead atoms. The minimum absolute atomic E-state index is 0.106. The summed E-state index contributed by atoms with van der Waals surface area (Å²) in [5.41, 5.74) is 1.18. The molecule has 0 spiro atoms. The minimum atomic E-state index is -0.106. The second-order valence-corrected chi connectivity index (χ2v) is 7.14. The van der Waals surface area contributed by atoms with Gasteiger partial charge in [0.15, 0.2) is 0 Å². The SMILES string of the molecule is CC1CCCC(NC2CCSc3ccc(F)cc32)C1. The molecule has 1 fully saturated rings. The van der Waals surface area contributed by atoms with E-state index in [2.05, 4.69) is 12.2 Å². The van der Waals surface area contributed by atoms with Gasteiger partial charge in [-0.2, -0.15) is 0 Å². The summed E-state index contributed by atoms with van der Waals surface area (Å²) in [6.45, 7) is 2.35. The predicted octanol–water partition coefficient (Wildman–Crippen LogP) is 4.53. The molecule has 1 aromatic carbocycles. The van der Waals surface area contributed by atoms with Gasteiger partial charge in [-0.05, 0) is 54.7 Å². The van der Waals surface area contributed by atoms with Crippen molar-refractivity contribution in [3.63, 3.8) is 0 Å². The lowest BCUT2D eigenvalue weighted by Gasteiger charge is -2.34. The van der Waals surface area contributed by atoms with Crippen molar-refractivity contribution in [2.45, 2.75) is 56.0 Å². The molecule has 3 rings (SSSR count). The zero-order valence-corrected chi connectivity index (χ0v) is 12.3. The molecule has 3 atom stereocenters. The molecule has 1 saturated carbocycles. The molecule has 0 amide bonds. The Hall–Kier alpha value is -0.540. The molecule has 1 aliphatic heterocycles. The fraction of sp³-hybridized carbons (Fsp3) is 0.625. The third-order valence-electron chi connectivity index (χ3n) is 4.38. The fourth-order valence-corrected chi connectivity index (χ4v) is 4.51. The molecule has 1 N–H and O–H groups in total. The molecule has 1 aliphatic carbocycles. The van der Waals surface area contributed by atoms with Gasteiger partial charge in [0.1, 0.15) is 5.82 Å². The standard InChI is InChI=1S/C16H22FNS/c1-11-3-2-4-13(9-11)18-15-7-8-19-16-6-5-12(17)10-14(15)16/h5-6,10-11,13,15,18H,2-4,7-9H2,1H3. The number of fused-ring (bicyclic) bond motifs is 1. The second kappa shape index (κ2) is 5.84. The molecule has 3 unspecified atom stereocenters. The minimum Gasteiger partial charge on any atom is -0.307 e. The predicted molar refractivity (Wildman–Crippen MR) is 79.0 cm³/mol. The Kier molecular flexibility index (Phi) is 4.13. The quantitative estimate of drug-likeness (QED) is 0.853. The summed E-state index contributed by atoms with van der Waals surface area (Å²) in [6, 6.07) is 6.21. The van der Waals surface area contributed by atoms with E-state index in [1.165, 1.54) is 36.1 Å². The lowest BCUT2D eigenvalue weighted by molar-refractivity contribution is 0.277. The molecule has 0 radical (unpaired) electrons. The largest absolute Gasteiger partial charge is 0.307 e. The number of hydrogen-bond donors (Lipinski definition) is 1. The highest BCUT2D eigenvalue weighted by atomic mass is 32.2. The summed E-state index contributed by atoms with van der Waals surface area (Å²) in [5.74, 6) is 1.86. The van der Waals surface area contributed by atoms with E-state index in [0.717, 1.165) is 18.1 Å². The normalized spacial score (nSPS) is 30.9. The third-order valence-corrected chi connectivity index (χ3v) is 5.51. The van der Waals surface area contributed by atoms with Gasteiger partial charge >= 0.3 is 0 Å². The van der Waals surface area contributed by atoms with Gasteiger partial charge in [-0.1, -0.05) is 19.8 Å². The molecule has 3 heteroatoms. The van der Waals surface area contributed by atoms with Crippen molar-refractivity contribution in [1.82, 2.24) is 5.32 Å². The maximum absolute atomic E-state index is 13.5. The molecule has 1 nitrogen and oxygen atoms in total. The van der Waals surface area contributed by atoms with Gasteiger partial charge in [0, 0.05) is 17.0 Å². The Balaban J connectivity index is 1.74. The first-order valence-electron chi connectivity index (χ1n) is 7.40. The van der Waals surface area contributed by atoms with Gasteiger partial charge in [-0.3, -0.25) is 0 Å². The van der Waals surface area contributed by atoms with E-state index in [-0.39, 0.29) is 5.82 Å². The van der Waals surface area contributed by atoms with Gasteiger partial charge < -0.3 is 5.32 Å². The summed E-state index contributed by atoms with van der Waals surface area (Å²) in [5, 5.41) is 3.79. The number of benzene rings is 1. The molecule has 1 aromatic rings. The monoisotopic (exact) mass is 279 g/mol. The summed E-state index contributed by atoms with van der Waals surface area (Å²) < 4.78 is 13.5. The Morgan fingerprint density at radius 2 is 2.16 bits per heavy atom. The van der Waals surface area contributed by atoms with Crippen LogP contribution in [0.1, 0.15) is 50.6 Å². The van der Waals surface area contributed by atoms with Crippen LogP contribution in [0.3, 0.4) is 0 Å². The fourth-order valence-electron chi connectivity index (χ4n) is 3.41. The summed E-state index contributed by atoms with van der Waals surface area (Å²) in [6.07, 6.45) is 6.36. The van der Waals surface area contributed by atoms with E-state index in [9.17, 15) is 4.39 Å². The molecule has 0 saturated heterocycles. The van der Waals surface area contributed by atoms with Gasteiger partial charge in [-0.25, -0.2) is 4.39 Å². The smallest absolute Gasteiger partial charge is 0.123 e. The molecule has 0 aromatic heterocycles. The van der Waals surface area contributed by atoms with Crippen LogP contribution in [0.5, 0.6) is 0 Å². The Bertz CT molecular complexity index is 448. The molecule has 1 heterocycles. The van der Waals surface area contributed by atoms with Gasteiger partial charge in [0.2, 0.25) is 0 Å². The second-order valence-electron chi connectivity index (χ2n) is 6.01. The molecule has 19 heavy (non-hydrogen) atoms. The molecular formula is C16H22FNS. The van der Waals surface area contributed by atoms with Gasteiger partial charge in [-0.15, -0.1) is 11.8 Å². The lowest BCUT2D eigenvalue weighted by atomic mass is 9.86. The van der Waals surface area contributed by atoms with E-state index in [1.807, 2.05) is 17.8 Å². The van der Waals surface area contributed by atoms with Gasteiger partial charge in [0.05, 0.1) is 0 Å². The lowest BCUT2D eigenvalue weighted by Crippen LogP contribution is -2.37. The van der Waals surface area contributed by atoms with E-state index in [4.69, 9.17) is 0 Å². The maximum atomic E-state index is 13.5. The van der Waals surface area contributed by atoms with Crippen LogP contribution >= 0.6 is 11.8 Å². The van der Waals surface area contributed by atoms with Crippen LogP contribution in [0, 0.1) is 11.7 Å². The highest BCUT2D eigenvalue weighted by Crippen LogP contribution is 2.37. The van der Waals surface area contributed by atoms with Crippen molar-refractivity contribution in [1.29, 1.82) is 0 Å². The first kappa shape index (κ1) is 13.4. The molecule has 104 valence electrons. The van der Waals surface area contributed by atoms with E-state index in [0.29, 0.717) is 12.1 Å². The van der Waals surface area contributed by atoms with Crippen LogP contribution in [0.25, 0.3) is 0 Å². The van der Waals surface area contributed by atoms with E-state index >= 15 is 0 Å². The van der Waals surface area contributed by atoms with Crippen molar-refractivity contribution < 1.29 is 4.39 Å². The summed E-state index contributed by atoms with van der Waals surface area (Å²) in [4.78, 5) is 1.26. The van der Waals surface area contributed by atoms with Crippen LogP contribution in [-0.2, 0) is 0 Å². The number of hydrogen-bond acceptors (Lipinski definition) is 2. The number of nitrogens with one attached hydrogen (secondary N) is 1. The molecular weight excluding hydrogens is 257 g/mol. The number of thioether (sulfide) groups is 1. The summed E-state index contributed by atoms with van der Waals surface area (Å²) in [7, 11) is 0. The van der Waals surface area contributed by atoms with Crippen molar-refractivity contribution in [2.24, 2.45) is 5.92 Å². The Labute approximate surface area is 119 Å². The Morgan fingerprint density at radius 3 is 3.00 bits per heavy atom. The van der Waals surface area contributed by atoms with Crippen molar-refractivity contribution >= 4 is 11.8 Å². The van der Waals surface area contributed by atoms with E-state index < -0.39 is 0 Å². The highest BCUT2D eigenvalue weighted by Gasteiger charge is 2.26. The third kappa shape index (κ3) is 3.14. The van der Waals surface area contributed by atoms with Crippen LogP contribution in [0.15, 0.2) is 23.1 Å². The zero-order valence-electron chi connectivity index (χ0n) is 11.5. The number of rotatable bonds is 2. The summed E-state index contributed by atoms with van der Waals surface area (Å²) >= 11 is 1.86. The average Bonchev–Trinajstić information content (AvgIpc) is 2.39. The topological polar surface area (TPSA) is 12.0 Å². The van der Waals surface area contributed by atoms with E-state index in [1.54, 1.807) is 12.1 Å². The maximum Gasteiger partial charge on any atom is 0.123 e. The highest BCUT2D eigenvalue weighted by molar-refractivity contribution is 7.99. The van der Waals surface area contributed by atoms with Crippen LogP contribution in [-0.4, -0.2) is 11.8 Å². The van der Waals surface area contributed by atoms with Crippen LogP contribution in [0.4, 0.5) is 4.39 Å². The first-order chi connectivity index (χ1) is 9.22. The van der Waals surface area contributed by atoms with Crippen molar-refractivity contribution in [3.05, 3.63) is 29.6 Å². The van der Waals surface area contributed by atoms with Crippen LogP contribution < -0.4 is 5.32 Å². The first-order valence-corrected chi connectivity index (χ1v) is 8.39. The average molecular weight is 279 g/mol. The zero-order chi connectivity index (χ0) is 13.2. The number of halogens is 1. The van der Waals surface area contributed by atoms with Crippen LogP contribution in [0.2, 0.25) is 0 Å². The van der Waals surface area contributed by atoms with Crippen molar-refractivity contribution in [3.8, 4) is 0 Å². The molecule has 2 aliphatic rings. The Morgan fingerprint density at radius 1 is 1.26 bits per heavy atom. The van der Waals surface area contributed by atoms with Gasteiger partial charge in [0.25, 0.3) is 0 Å². The van der Waals surface area contributed by atoms with Crippen molar-refractivity contribution in [2.75, 3.05) is 5.75 Å².